The van der Waals surface area contributed by atoms with Gasteiger partial charge in [-0.1, -0.05) is 0 Å². The molecule has 20 rings (SSSR count). The minimum absolute atomic E-state index is 1.20. The molecular weight excluding hydrogens is 508 g/mol. The Kier molecular flexibility index (Phi) is 0.553. The molecule has 0 aromatic rings. The Hall–Kier alpha value is 1.04. The van der Waals surface area contributed by atoms with Gasteiger partial charge in [-0.3, -0.25) is 0 Å². The fourth-order valence-corrected chi connectivity index (χ4v) is 197. The first kappa shape index (κ1) is 14.6. The van der Waals surface area contributed by atoms with Gasteiger partial charge in [0.15, 0.2) is 0 Å². The van der Waals surface area contributed by atoms with E-state index in [1.54, 1.807) is 96.3 Å². The van der Waals surface area contributed by atoms with Crippen molar-refractivity contribution >= 4 is 0 Å². The molecule has 192 valence electrons. The number of rotatable bonds is 11. The summed E-state index contributed by atoms with van der Waals surface area (Å²) in [6.07, 6.45) is 15.2. The quantitative estimate of drug-likeness (QED) is 0.224. The van der Waals surface area contributed by atoms with Crippen molar-refractivity contribution in [2.45, 2.75) is 173 Å². The average Bonchev–Trinajstić information content (AvgIpc) is 3.73. The van der Waals surface area contributed by atoms with E-state index in [-0.39, 0.29) is 0 Å². The molecule has 2 heteroatoms. The van der Waals surface area contributed by atoms with Crippen molar-refractivity contribution in [2.75, 3.05) is 0 Å². The summed E-state index contributed by atoms with van der Waals surface area (Å²) in [6.45, 7) is 1.15. The van der Waals surface area contributed by atoms with Gasteiger partial charge in [-0.2, -0.15) is 0 Å². The van der Waals surface area contributed by atoms with Crippen molar-refractivity contribution < 1.29 is 13.0 Å². The van der Waals surface area contributed by atoms with Crippen LogP contribution >= 0.6 is 0 Å². The summed E-state index contributed by atoms with van der Waals surface area (Å²) in [5, 5.41) is 0. The second kappa shape index (κ2) is 1.33. The first-order valence-corrected chi connectivity index (χ1v) is 29.5. The van der Waals surface area contributed by atoms with Crippen molar-refractivity contribution in [3.8, 4) is 0 Å². The van der Waals surface area contributed by atoms with Crippen LogP contribution in [-0.2, 0) is 13.0 Å². The zero-order valence-corrected chi connectivity index (χ0v) is 24.1. The van der Waals surface area contributed by atoms with Gasteiger partial charge < -0.3 is 0 Å². The van der Waals surface area contributed by atoms with Gasteiger partial charge in [0.05, 0.1) is 0 Å². The van der Waals surface area contributed by atoms with Crippen LogP contribution < -0.4 is 0 Å². The van der Waals surface area contributed by atoms with Gasteiger partial charge in [0.1, 0.15) is 0 Å². The van der Waals surface area contributed by atoms with E-state index in [0.717, 1.165) is 0 Å². The molecule has 20 aliphatic heterocycles. The molecule has 10 unspecified atom stereocenters. The Balaban J connectivity index is 1.00. The third kappa shape index (κ3) is 0.165. The molecule has 20 saturated heterocycles. The van der Waals surface area contributed by atoms with Gasteiger partial charge in [-0.15, -0.1) is 0 Å². The average molecular weight is 552 g/mol. The molecule has 0 aromatic carbocycles. The van der Waals surface area contributed by atoms with Crippen LogP contribution in [0.2, 0.25) is 94.3 Å². The van der Waals surface area contributed by atoms with Crippen LogP contribution in [0.4, 0.5) is 0 Å². The summed E-state index contributed by atoms with van der Waals surface area (Å²) in [6, 6.07) is 0. The van der Waals surface area contributed by atoms with E-state index < -0.39 is 13.0 Å². The summed E-state index contributed by atoms with van der Waals surface area (Å²) in [4.78, 5) is 25.1. The normalized spacial score (nSPS) is 122. The topological polar surface area (TPSA) is 0 Å². The predicted octanol–water partition coefficient (Wildman–Crippen LogP) is 11.4. The summed E-state index contributed by atoms with van der Waals surface area (Å²) in [5.41, 5.74) is 0. The van der Waals surface area contributed by atoms with E-state index in [1.807, 2.05) is 19.3 Å². The van der Waals surface area contributed by atoms with Gasteiger partial charge in [-0.25, -0.2) is 0 Å². The van der Waals surface area contributed by atoms with Crippen molar-refractivity contribution in [2.24, 2.45) is 5.92 Å². The van der Waals surface area contributed by atoms with E-state index in [4.69, 9.17) is 0 Å². The van der Waals surface area contributed by atoms with Crippen molar-refractivity contribution in [1.29, 1.82) is 0 Å². The molecule has 0 bridgehead atoms. The standard InChI is InChI=1S/C23H34.2C5H5.2Fe/c1-4-7-12-19-14-10-17-21(19)23(16-9-6-3)22-18-11-15-20(22)13-8-5-2;2*1-2-4-5-3-1;;/h10-11,14-15,17-18,23H,4-9,12-13,16H2,1-3H3;2*1-5H;;. The van der Waals surface area contributed by atoms with Crippen molar-refractivity contribution in [3.05, 3.63) is 0 Å². The molecule has 0 N–H and O–H groups in total. The number of fused-ring (bicyclic) bond motifs is 20. The zero-order valence-electron chi connectivity index (χ0n) is 21.9. The molecule has 0 nitrogen and oxygen atoms in total. The molecule has 0 aromatic heterocycles. The van der Waals surface area contributed by atoms with Crippen LogP contribution in [0.25, 0.3) is 0 Å². The number of hydrogen-bond donors (Lipinski definition) is 0. The maximum absolute atomic E-state index is 3.29. The Labute approximate surface area is 190 Å². The first-order valence-electron chi connectivity index (χ1n) is 17.1. The molecule has 2 spiro atoms. The van der Waals surface area contributed by atoms with E-state index in [9.17, 15) is 0 Å². The Morgan fingerprint density at radius 2 is 0.857 bits per heavy atom. The Bertz CT molecular complexity index is 2100. The Morgan fingerprint density at radius 3 is 1.14 bits per heavy atom. The molecule has 0 radical (unpaired) electrons. The van der Waals surface area contributed by atoms with E-state index in [1.165, 1.54) is 42.4 Å². The summed E-state index contributed by atoms with van der Waals surface area (Å²) >= 11 is 0. The van der Waals surface area contributed by atoms with E-state index in [2.05, 4.69) is 20.8 Å². The molecule has 20 heterocycles. The monoisotopic (exact) mass is 552 g/mol. The fourth-order valence-electron chi connectivity index (χ4n) is 39.9. The fraction of sp³-hybridized carbons (Fsp3) is 1.00. The van der Waals surface area contributed by atoms with E-state index in [0.29, 0.717) is 0 Å². The molecule has 0 aliphatic carbocycles. The second-order valence-corrected chi connectivity index (χ2v) is 70.5. The number of hydrogen-bond acceptors (Lipinski definition) is 0. The molecule has 20 aliphatic rings. The van der Waals surface area contributed by atoms with Crippen LogP contribution in [0.5, 0.6) is 0 Å². The van der Waals surface area contributed by atoms with Gasteiger partial charge in [0.2, 0.25) is 0 Å². The molecule has 10 atom stereocenters. The van der Waals surface area contributed by atoms with Gasteiger partial charge in [0, 0.05) is 0 Å². The first-order chi connectivity index (χ1) is 16.7. The third-order valence-corrected chi connectivity index (χ3v) is 122. The SMILES string of the molecule is CCCCC([C]12[CH]3[CH]4[CH]5[C]1(CCCC)[Fe]45321678[CH]2[CH]1[CH]6[CH]7[CH]28)[C]12[CH]3[CH]4[CH]5[C]1(CCCC)[Fe]45321678[CH]2[CH]1[CH]6[CH]7[CH]28. The summed E-state index contributed by atoms with van der Waals surface area (Å²) < 4.78 is 4.86. The summed E-state index contributed by atoms with van der Waals surface area (Å²) in [5.74, 6) is 1.46. The van der Waals surface area contributed by atoms with Crippen LogP contribution in [0.3, 0.4) is 0 Å². The van der Waals surface area contributed by atoms with E-state index >= 15 is 0 Å². The second-order valence-electron chi connectivity index (χ2n) is 23.8. The molecular formula is C33H44Fe2. The molecule has 20 fully saturated rings. The zero-order chi connectivity index (χ0) is 21.8. The number of unbranched alkanes of at least 4 members (excludes halogenated alkanes) is 3. The van der Waals surface area contributed by atoms with Gasteiger partial charge in [-0.05, 0) is 0 Å². The van der Waals surface area contributed by atoms with Crippen LogP contribution in [0, 0.1) is 5.92 Å². The van der Waals surface area contributed by atoms with Crippen molar-refractivity contribution in [1.82, 2.24) is 0 Å². The third-order valence-electron chi connectivity index (χ3n) is 34.3. The summed E-state index contributed by atoms with van der Waals surface area (Å²) in [7, 11) is 0. The molecule has 35 heavy (non-hydrogen) atoms. The maximum atomic E-state index is 2.59. The van der Waals surface area contributed by atoms with Crippen LogP contribution in [0.1, 0.15) is 78.6 Å². The van der Waals surface area contributed by atoms with Crippen molar-refractivity contribution in [3.63, 3.8) is 0 Å². The van der Waals surface area contributed by atoms with Gasteiger partial charge in [0.25, 0.3) is 0 Å². The van der Waals surface area contributed by atoms with Crippen LogP contribution in [-0.4, -0.2) is 0 Å². The van der Waals surface area contributed by atoms with Crippen LogP contribution in [0.15, 0.2) is 0 Å². The molecule has 0 amide bonds. The minimum atomic E-state index is -3.29. The van der Waals surface area contributed by atoms with Gasteiger partial charge >= 0.3 is 192 Å². The predicted molar refractivity (Wildman–Crippen MR) is 133 cm³/mol. The molecule has 0 saturated carbocycles. The Morgan fingerprint density at radius 1 is 0.486 bits per heavy atom.